The van der Waals surface area contributed by atoms with Gasteiger partial charge in [0, 0.05) is 6.42 Å². The Morgan fingerprint density at radius 1 is 1.10 bits per heavy atom. The molecule has 0 aromatic heterocycles. The summed E-state index contributed by atoms with van der Waals surface area (Å²) >= 11 is 0. The Labute approximate surface area is 122 Å². The zero-order chi connectivity index (χ0) is 14.2. The Hall–Kier alpha value is -1.22. The molecule has 0 amide bonds. The molecule has 112 valence electrons. The normalized spacial score (nSPS) is 21.9. The third kappa shape index (κ3) is 4.41. The van der Waals surface area contributed by atoms with Crippen molar-refractivity contribution in [2.45, 2.75) is 64.8 Å². The lowest BCUT2D eigenvalue weighted by Gasteiger charge is -2.17. The SMILES string of the molecule is CCCCCC1CCC(Oc2ccccc2OCC)O1. The maximum absolute atomic E-state index is 5.97. The van der Waals surface area contributed by atoms with E-state index in [0.29, 0.717) is 12.7 Å². The molecule has 0 aliphatic carbocycles. The number of para-hydroxylation sites is 2. The van der Waals surface area contributed by atoms with Gasteiger partial charge < -0.3 is 14.2 Å². The van der Waals surface area contributed by atoms with Crippen molar-refractivity contribution < 1.29 is 14.2 Å². The van der Waals surface area contributed by atoms with Crippen molar-refractivity contribution in [1.82, 2.24) is 0 Å². The van der Waals surface area contributed by atoms with Gasteiger partial charge in [-0.25, -0.2) is 0 Å². The third-order valence-electron chi connectivity index (χ3n) is 3.61. The maximum Gasteiger partial charge on any atom is 0.200 e. The fraction of sp³-hybridized carbons (Fsp3) is 0.647. The minimum Gasteiger partial charge on any atom is -0.490 e. The molecule has 2 atom stereocenters. The molecular formula is C17H26O3. The van der Waals surface area contributed by atoms with Gasteiger partial charge >= 0.3 is 0 Å². The second-order valence-electron chi connectivity index (χ2n) is 5.26. The predicted octanol–water partition coefficient (Wildman–Crippen LogP) is 4.55. The van der Waals surface area contributed by atoms with Crippen LogP contribution < -0.4 is 9.47 Å². The molecule has 3 heteroatoms. The topological polar surface area (TPSA) is 27.7 Å². The van der Waals surface area contributed by atoms with E-state index in [1.807, 2.05) is 31.2 Å². The monoisotopic (exact) mass is 278 g/mol. The molecule has 1 fully saturated rings. The van der Waals surface area contributed by atoms with E-state index in [2.05, 4.69) is 6.92 Å². The van der Waals surface area contributed by atoms with E-state index in [0.717, 1.165) is 30.8 Å². The molecule has 0 saturated carbocycles. The zero-order valence-corrected chi connectivity index (χ0v) is 12.6. The van der Waals surface area contributed by atoms with Crippen LogP contribution >= 0.6 is 0 Å². The van der Waals surface area contributed by atoms with Gasteiger partial charge in [0.15, 0.2) is 17.8 Å². The molecule has 1 heterocycles. The van der Waals surface area contributed by atoms with Crippen LogP contribution in [0.5, 0.6) is 11.5 Å². The number of hydrogen-bond donors (Lipinski definition) is 0. The van der Waals surface area contributed by atoms with Gasteiger partial charge in [0.25, 0.3) is 0 Å². The highest BCUT2D eigenvalue weighted by atomic mass is 16.7. The fourth-order valence-electron chi connectivity index (χ4n) is 2.56. The third-order valence-corrected chi connectivity index (χ3v) is 3.61. The molecule has 1 saturated heterocycles. The Morgan fingerprint density at radius 2 is 1.90 bits per heavy atom. The molecule has 0 radical (unpaired) electrons. The van der Waals surface area contributed by atoms with Crippen LogP contribution in [-0.2, 0) is 4.74 Å². The lowest BCUT2D eigenvalue weighted by Crippen LogP contribution is -2.17. The van der Waals surface area contributed by atoms with Crippen LogP contribution in [0.3, 0.4) is 0 Å². The molecule has 0 spiro atoms. The van der Waals surface area contributed by atoms with E-state index in [-0.39, 0.29) is 6.29 Å². The first-order valence-electron chi connectivity index (χ1n) is 7.87. The first-order chi connectivity index (χ1) is 9.83. The Bertz CT molecular complexity index is 392. The first kappa shape index (κ1) is 15.2. The summed E-state index contributed by atoms with van der Waals surface area (Å²) in [4.78, 5) is 0. The van der Waals surface area contributed by atoms with Gasteiger partial charge in [-0.05, 0) is 31.9 Å². The van der Waals surface area contributed by atoms with Gasteiger partial charge in [0.1, 0.15) is 0 Å². The van der Waals surface area contributed by atoms with Gasteiger partial charge in [-0.15, -0.1) is 0 Å². The quantitative estimate of drug-likeness (QED) is 0.653. The molecule has 2 unspecified atom stereocenters. The van der Waals surface area contributed by atoms with Crippen molar-refractivity contribution in [2.24, 2.45) is 0 Å². The summed E-state index contributed by atoms with van der Waals surface area (Å²) in [5.41, 5.74) is 0. The van der Waals surface area contributed by atoms with Crippen molar-refractivity contribution >= 4 is 0 Å². The van der Waals surface area contributed by atoms with Crippen LogP contribution in [0.25, 0.3) is 0 Å². The van der Waals surface area contributed by atoms with Crippen molar-refractivity contribution in [3.05, 3.63) is 24.3 Å². The van der Waals surface area contributed by atoms with Crippen LogP contribution in [0.2, 0.25) is 0 Å². The molecule has 2 rings (SSSR count). The van der Waals surface area contributed by atoms with E-state index in [4.69, 9.17) is 14.2 Å². The number of ether oxygens (including phenoxy) is 3. The summed E-state index contributed by atoms with van der Waals surface area (Å²) < 4.78 is 17.5. The van der Waals surface area contributed by atoms with Crippen LogP contribution in [0, 0.1) is 0 Å². The number of rotatable bonds is 8. The Morgan fingerprint density at radius 3 is 2.65 bits per heavy atom. The molecular weight excluding hydrogens is 252 g/mol. The molecule has 1 aliphatic heterocycles. The maximum atomic E-state index is 5.97. The van der Waals surface area contributed by atoms with Crippen molar-refractivity contribution in [3.8, 4) is 11.5 Å². The second-order valence-corrected chi connectivity index (χ2v) is 5.26. The molecule has 0 N–H and O–H groups in total. The highest BCUT2D eigenvalue weighted by molar-refractivity contribution is 5.39. The van der Waals surface area contributed by atoms with E-state index in [1.165, 1.54) is 19.3 Å². The molecule has 1 aromatic carbocycles. The smallest absolute Gasteiger partial charge is 0.200 e. The van der Waals surface area contributed by atoms with Gasteiger partial charge in [-0.2, -0.15) is 0 Å². The molecule has 1 aromatic rings. The van der Waals surface area contributed by atoms with E-state index in [1.54, 1.807) is 0 Å². The van der Waals surface area contributed by atoms with E-state index >= 15 is 0 Å². The first-order valence-corrected chi connectivity index (χ1v) is 7.87. The van der Waals surface area contributed by atoms with Gasteiger partial charge in [-0.3, -0.25) is 0 Å². The van der Waals surface area contributed by atoms with E-state index < -0.39 is 0 Å². The number of hydrogen-bond acceptors (Lipinski definition) is 3. The molecule has 20 heavy (non-hydrogen) atoms. The number of unbranched alkanes of at least 4 members (excludes halogenated alkanes) is 2. The van der Waals surface area contributed by atoms with Gasteiger partial charge in [0.2, 0.25) is 0 Å². The van der Waals surface area contributed by atoms with Crippen molar-refractivity contribution in [2.75, 3.05) is 6.61 Å². The van der Waals surface area contributed by atoms with Crippen LogP contribution in [0.1, 0.15) is 52.4 Å². The second kappa shape index (κ2) is 8.15. The molecule has 3 nitrogen and oxygen atoms in total. The average molecular weight is 278 g/mol. The summed E-state index contributed by atoms with van der Waals surface area (Å²) in [5.74, 6) is 1.58. The minimum absolute atomic E-state index is 0.122. The highest BCUT2D eigenvalue weighted by Gasteiger charge is 2.26. The lowest BCUT2D eigenvalue weighted by atomic mass is 10.1. The predicted molar refractivity (Wildman–Crippen MR) is 80.3 cm³/mol. The minimum atomic E-state index is -0.122. The van der Waals surface area contributed by atoms with Crippen molar-refractivity contribution in [3.63, 3.8) is 0 Å². The van der Waals surface area contributed by atoms with Crippen molar-refractivity contribution in [1.29, 1.82) is 0 Å². The van der Waals surface area contributed by atoms with E-state index in [9.17, 15) is 0 Å². The summed E-state index contributed by atoms with van der Waals surface area (Å²) in [5, 5.41) is 0. The van der Waals surface area contributed by atoms with Gasteiger partial charge in [-0.1, -0.05) is 38.3 Å². The average Bonchev–Trinajstić information content (AvgIpc) is 2.89. The molecule has 0 bridgehead atoms. The summed E-state index contributed by atoms with van der Waals surface area (Å²) in [6, 6.07) is 7.80. The summed E-state index contributed by atoms with van der Waals surface area (Å²) in [6.45, 7) is 4.85. The zero-order valence-electron chi connectivity index (χ0n) is 12.6. The number of benzene rings is 1. The van der Waals surface area contributed by atoms with Crippen LogP contribution in [-0.4, -0.2) is 19.0 Å². The highest BCUT2D eigenvalue weighted by Crippen LogP contribution is 2.31. The van der Waals surface area contributed by atoms with Crippen LogP contribution in [0.15, 0.2) is 24.3 Å². The molecule has 1 aliphatic rings. The standard InChI is InChI=1S/C17H26O3/c1-3-5-6-9-14-12-13-17(19-14)20-16-11-8-7-10-15(16)18-4-2/h7-8,10-11,14,17H,3-6,9,12-13H2,1-2H3. The van der Waals surface area contributed by atoms with Gasteiger partial charge in [0.05, 0.1) is 12.7 Å². The fourth-order valence-corrected chi connectivity index (χ4v) is 2.56. The largest absolute Gasteiger partial charge is 0.490 e. The summed E-state index contributed by atoms with van der Waals surface area (Å²) in [6.07, 6.45) is 7.27. The Balaban J connectivity index is 1.82. The van der Waals surface area contributed by atoms with Crippen LogP contribution in [0.4, 0.5) is 0 Å². The Kier molecular flexibility index (Phi) is 6.19. The summed E-state index contributed by atoms with van der Waals surface area (Å²) in [7, 11) is 0. The lowest BCUT2D eigenvalue weighted by molar-refractivity contribution is -0.0758.